The van der Waals surface area contributed by atoms with Gasteiger partial charge in [-0.05, 0) is 42.6 Å². The molecule has 1 aromatic rings. The smallest absolute Gasteiger partial charge is 0.323 e. The average molecular weight is 266 g/mol. The highest BCUT2D eigenvalue weighted by atomic mass is 19.1. The van der Waals surface area contributed by atoms with Crippen LogP contribution in [0.2, 0.25) is 0 Å². The molecule has 0 amide bonds. The number of nitrogens with two attached hydrogens (primary N) is 1. The number of ether oxygens (including phenoxy) is 1. The minimum absolute atomic E-state index is 0.213. The van der Waals surface area contributed by atoms with Crippen molar-refractivity contribution in [3.63, 3.8) is 0 Å². The molecule has 4 nitrogen and oxygen atoms in total. The predicted molar refractivity (Wildman–Crippen MR) is 69.7 cm³/mol. The van der Waals surface area contributed by atoms with Crippen molar-refractivity contribution in [1.82, 2.24) is 4.90 Å². The number of esters is 1. The first-order valence-electron chi connectivity index (χ1n) is 6.44. The highest BCUT2D eigenvalue weighted by Crippen LogP contribution is 2.22. The molecule has 1 saturated heterocycles. The van der Waals surface area contributed by atoms with Gasteiger partial charge in [0.15, 0.2) is 0 Å². The van der Waals surface area contributed by atoms with Gasteiger partial charge in [-0.3, -0.25) is 9.69 Å². The van der Waals surface area contributed by atoms with Crippen molar-refractivity contribution in [2.75, 3.05) is 13.7 Å². The second-order valence-electron chi connectivity index (χ2n) is 4.82. The van der Waals surface area contributed by atoms with Gasteiger partial charge in [-0.15, -0.1) is 0 Å². The van der Waals surface area contributed by atoms with Gasteiger partial charge in [0, 0.05) is 13.1 Å². The Morgan fingerprint density at radius 2 is 2.21 bits per heavy atom. The first kappa shape index (κ1) is 14.0. The Kier molecular flexibility index (Phi) is 4.50. The second kappa shape index (κ2) is 6.12. The monoisotopic (exact) mass is 266 g/mol. The fourth-order valence-corrected chi connectivity index (χ4v) is 2.58. The van der Waals surface area contributed by atoms with Crippen LogP contribution in [0.25, 0.3) is 0 Å². The van der Waals surface area contributed by atoms with E-state index in [1.165, 1.54) is 19.2 Å². The summed E-state index contributed by atoms with van der Waals surface area (Å²) in [5, 5.41) is 0. The van der Waals surface area contributed by atoms with Crippen molar-refractivity contribution in [1.29, 1.82) is 0 Å². The SMILES string of the molecule is COC(=O)C1CCCN1Cc1cc(F)cc(CN)c1. The van der Waals surface area contributed by atoms with Crippen LogP contribution < -0.4 is 5.73 Å². The van der Waals surface area contributed by atoms with E-state index in [1.54, 1.807) is 0 Å². The molecule has 0 aromatic heterocycles. The molecule has 19 heavy (non-hydrogen) atoms. The number of hydrogen-bond acceptors (Lipinski definition) is 4. The molecule has 0 saturated carbocycles. The molecule has 1 aromatic carbocycles. The zero-order chi connectivity index (χ0) is 13.8. The molecule has 0 spiro atoms. The fourth-order valence-electron chi connectivity index (χ4n) is 2.58. The van der Waals surface area contributed by atoms with Gasteiger partial charge in [-0.2, -0.15) is 0 Å². The van der Waals surface area contributed by atoms with E-state index in [0.717, 1.165) is 30.5 Å². The number of likely N-dealkylation sites (tertiary alicyclic amines) is 1. The second-order valence-corrected chi connectivity index (χ2v) is 4.82. The minimum atomic E-state index is -0.285. The molecule has 0 radical (unpaired) electrons. The molecule has 1 fully saturated rings. The summed E-state index contributed by atoms with van der Waals surface area (Å²) in [7, 11) is 1.40. The number of halogens is 1. The molecular formula is C14H19FN2O2. The summed E-state index contributed by atoms with van der Waals surface area (Å²) < 4.78 is 18.2. The summed E-state index contributed by atoms with van der Waals surface area (Å²) in [5.41, 5.74) is 7.15. The topological polar surface area (TPSA) is 55.6 Å². The Bertz CT molecular complexity index is 465. The fraction of sp³-hybridized carbons (Fsp3) is 0.500. The molecule has 104 valence electrons. The third-order valence-electron chi connectivity index (χ3n) is 3.48. The lowest BCUT2D eigenvalue weighted by Crippen LogP contribution is -2.36. The highest BCUT2D eigenvalue weighted by Gasteiger charge is 2.31. The Morgan fingerprint density at radius 3 is 2.89 bits per heavy atom. The lowest BCUT2D eigenvalue weighted by Gasteiger charge is -2.22. The quantitative estimate of drug-likeness (QED) is 0.837. The average Bonchev–Trinajstić information content (AvgIpc) is 2.85. The lowest BCUT2D eigenvalue weighted by molar-refractivity contribution is -0.146. The number of benzene rings is 1. The van der Waals surface area contributed by atoms with Crippen molar-refractivity contribution in [3.05, 3.63) is 35.1 Å². The Hall–Kier alpha value is -1.46. The van der Waals surface area contributed by atoms with Crippen LogP contribution in [-0.4, -0.2) is 30.6 Å². The number of carbonyl (C=O) groups is 1. The number of nitrogens with zero attached hydrogens (tertiary/aromatic N) is 1. The van der Waals surface area contributed by atoms with E-state index in [4.69, 9.17) is 10.5 Å². The minimum Gasteiger partial charge on any atom is -0.468 e. The number of hydrogen-bond donors (Lipinski definition) is 1. The first-order chi connectivity index (χ1) is 9.13. The van der Waals surface area contributed by atoms with Gasteiger partial charge in [-0.25, -0.2) is 4.39 Å². The zero-order valence-corrected chi connectivity index (χ0v) is 11.1. The van der Waals surface area contributed by atoms with Gasteiger partial charge < -0.3 is 10.5 Å². The van der Waals surface area contributed by atoms with Gasteiger partial charge in [0.25, 0.3) is 0 Å². The standard InChI is InChI=1S/C14H19FN2O2/c1-19-14(18)13-3-2-4-17(13)9-11-5-10(8-16)6-12(15)7-11/h5-7,13H,2-4,8-9,16H2,1H3. The molecule has 0 bridgehead atoms. The molecule has 1 aliphatic heterocycles. The Balaban J connectivity index is 2.11. The zero-order valence-electron chi connectivity index (χ0n) is 11.1. The third kappa shape index (κ3) is 3.30. The normalized spacial score (nSPS) is 19.6. The number of rotatable bonds is 4. The molecule has 1 atom stereocenters. The van der Waals surface area contributed by atoms with Crippen LogP contribution in [0.4, 0.5) is 4.39 Å². The highest BCUT2D eigenvalue weighted by molar-refractivity contribution is 5.75. The van der Waals surface area contributed by atoms with Crippen LogP contribution in [-0.2, 0) is 22.6 Å². The molecular weight excluding hydrogens is 247 g/mol. The molecule has 2 rings (SSSR count). The van der Waals surface area contributed by atoms with Crippen LogP contribution in [0.5, 0.6) is 0 Å². The van der Waals surface area contributed by atoms with Crippen molar-refractivity contribution in [3.8, 4) is 0 Å². The molecule has 2 N–H and O–H groups in total. The van der Waals surface area contributed by atoms with Gasteiger partial charge >= 0.3 is 5.97 Å². The first-order valence-corrected chi connectivity index (χ1v) is 6.44. The van der Waals surface area contributed by atoms with Crippen molar-refractivity contribution in [2.45, 2.75) is 32.0 Å². The van der Waals surface area contributed by atoms with Gasteiger partial charge in [0.1, 0.15) is 11.9 Å². The van der Waals surface area contributed by atoms with E-state index >= 15 is 0 Å². The molecule has 5 heteroatoms. The van der Waals surface area contributed by atoms with E-state index in [-0.39, 0.29) is 17.8 Å². The largest absolute Gasteiger partial charge is 0.468 e. The van der Waals surface area contributed by atoms with Crippen LogP contribution >= 0.6 is 0 Å². The molecule has 1 heterocycles. The summed E-state index contributed by atoms with van der Waals surface area (Å²) in [5.74, 6) is -0.500. The van der Waals surface area contributed by atoms with Gasteiger partial charge in [0.2, 0.25) is 0 Å². The summed E-state index contributed by atoms with van der Waals surface area (Å²) in [6.45, 7) is 1.68. The lowest BCUT2D eigenvalue weighted by atomic mass is 10.1. The van der Waals surface area contributed by atoms with Crippen molar-refractivity contribution >= 4 is 5.97 Å². The van der Waals surface area contributed by atoms with Crippen LogP contribution in [0.3, 0.4) is 0 Å². The summed E-state index contributed by atoms with van der Waals surface area (Å²) in [6, 6.07) is 4.60. The maximum Gasteiger partial charge on any atom is 0.323 e. The van der Waals surface area contributed by atoms with E-state index in [2.05, 4.69) is 0 Å². The predicted octanol–water partition coefficient (Wildman–Crippen LogP) is 1.42. The maximum absolute atomic E-state index is 13.4. The van der Waals surface area contributed by atoms with Crippen LogP contribution in [0.15, 0.2) is 18.2 Å². The van der Waals surface area contributed by atoms with Crippen molar-refractivity contribution in [2.24, 2.45) is 5.73 Å². The van der Waals surface area contributed by atoms with Crippen molar-refractivity contribution < 1.29 is 13.9 Å². The van der Waals surface area contributed by atoms with Gasteiger partial charge in [-0.1, -0.05) is 6.07 Å². The Labute approximate surface area is 112 Å². The molecule has 0 aliphatic carbocycles. The molecule has 1 aliphatic rings. The summed E-state index contributed by atoms with van der Waals surface area (Å²) in [4.78, 5) is 13.7. The van der Waals surface area contributed by atoms with E-state index in [0.29, 0.717) is 13.1 Å². The summed E-state index contributed by atoms with van der Waals surface area (Å²) >= 11 is 0. The molecule has 1 unspecified atom stereocenters. The summed E-state index contributed by atoms with van der Waals surface area (Å²) in [6.07, 6.45) is 1.75. The number of methoxy groups -OCH3 is 1. The van der Waals surface area contributed by atoms with E-state index in [9.17, 15) is 9.18 Å². The Morgan fingerprint density at radius 1 is 1.47 bits per heavy atom. The van der Waals surface area contributed by atoms with E-state index < -0.39 is 0 Å². The third-order valence-corrected chi connectivity index (χ3v) is 3.48. The van der Waals surface area contributed by atoms with Crippen LogP contribution in [0.1, 0.15) is 24.0 Å². The van der Waals surface area contributed by atoms with E-state index in [1.807, 2.05) is 11.0 Å². The number of carbonyl (C=O) groups excluding carboxylic acids is 1. The maximum atomic E-state index is 13.4. The van der Waals surface area contributed by atoms with Crippen LogP contribution in [0, 0.1) is 5.82 Å². The van der Waals surface area contributed by atoms with Gasteiger partial charge in [0.05, 0.1) is 7.11 Å².